The van der Waals surface area contributed by atoms with Crippen LogP contribution < -0.4 is 11.2 Å². The first-order valence-electron chi connectivity index (χ1n) is 8.26. The predicted molar refractivity (Wildman–Crippen MR) is 92.1 cm³/mol. The SMILES string of the molecule is NC(=O)N1NCC(=O)N2CC(=O)N(Cc3cccc4ncccc34)CC21. The molecule has 26 heavy (non-hydrogen) atoms. The molecule has 9 heteroatoms. The van der Waals surface area contributed by atoms with Gasteiger partial charge in [-0.05, 0) is 17.7 Å². The number of amides is 4. The van der Waals surface area contributed by atoms with Gasteiger partial charge in [-0.25, -0.2) is 15.2 Å². The molecule has 134 valence electrons. The van der Waals surface area contributed by atoms with E-state index in [2.05, 4.69) is 10.4 Å². The van der Waals surface area contributed by atoms with Gasteiger partial charge in [0.15, 0.2) is 0 Å². The summed E-state index contributed by atoms with van der Waals surface area (Å²) < 4.78 is 0. The average Bonchev–Trinajstić information content (AvgIpc) is 2.63. The number of nitrogens with zero attached hydrogens (tertiary/aromatic N) is 4. The lowest BCUT2D eigenvalue weighted by Crippen LogP contribution is -2.72. The molecule has 1 atom stereocenters. The van der Waals surface area contributed by atoms with Crippen molar-refractivity contribution in [3.8, 4) is 0 Å². The van der Waals surface area contributed by atoms with Gasteiger partial charge in [-0.2, -0.15) is 0 Å². The molecule has 3 N–H and O–H groups in total. The molecule has 2 aliphatic heterocycles. The van der Waals surface area contributed by atoms with E-state index < -0.39 is 12.2 Å². The quantitative estimate of drug-likeness (QED) is 0.764. The van der Waals surface area contributed by atoms with Crippen LogP contribution in [0.25, 0.3) is 10.9 Å². The van der Waals surface area contributed by atoms with Crippen molar-refractivity contribution in [3.05, 3.63) is 42.1 Å². The van der Waals surface area contributed by atoms with Gasteiger partial charge < -0.3 is 15.5 Å². The van der Waals surface area contributed by atoms with Gasteiger partial charge in [-0.1, -0.05) is 18.2 Å². The lowest BCUT2D eigenvalue weighted by molar-refractivity contribution is -0.161. The van der Waals surface area contributed by atoms with Crippen LogP contribution >= 0.6 is 0 Å². The molecule has 1 aromatic carbocycles. The number of nitrogens with one attached hydrogen (secondary N) is 1. The zero-order valence-electron chi connectivity index (χ0n) is 14.0. The maximum Gasteiger partial charge on any atom is 0.331 e. The maximum absolute atomic E-state index is 12.6. The highest BCUT2D eigenvalue weighted by Gasteiger charge is 2.42. The van der Waals surface area contributed by atoms with Crippen LogP contribution in [0.5, 0.6) is 0 Å². The minimum atomic E-state index is -0.684. The Kier molecular flexibility index (Phi) is 3.92. The summed E-state index contributed by atoms with van der Waals surface area (Å²) in [5, 5.41) is 2.18. The van der Waals surface area contributed by atoms with Gasteiger partial charge in [0.2, 0.25) is 11.8 Å². The van der Waals surface area contributed by atoms with Crippen molar-refractivity contribution in [2.24, 2.45) is 5.73 Å². The zero-order chi connectivity index (χ0) is 18.3. The highest BCUT2D eigenvalue weighted by Crippen LogP contribution is 2.22. The van der Waals surface area contributed by atoms with Gasteiger partial charge in [0, 0.05) is 18.1 Å². The van der Waals surface area contributed by atoms with E-state index in [9.17, 15) is 14.4 Å². The Balaban J connectivity index is 1.62. The van der Waals surface area contributed by atoms with Crippen molar-refractivity contribution in [1.29, 1.82) is 0 Å². The number of nitrogens with two attached hydrogens (primary N) is 1. The highest BCUT2D eigenvalue weighted by atomic mass is 16.2. The van der Waals surface area contributed by atoms with E-state index in [1.807, 2.05) is 30.3 Å². The third-order valence-electron chi connectivity index (χ3n) is 4.76. The molecule has 0 radical (unpaired) electrons. The third-order valence-corrected chi connectivity index (χ3v) is 4.76. The van der Waals surface area contributed by atoms with Crippen LogP contribution in [0.4, 0.5) is 4.79 Å². The van der Waals surface area contributed by atoms with Crippen LogP contribution in [-0.2, 0) is 16.1 Å². The van der Waals surface area contributed by atoms with E-state index in [-0.39, 0.29) is 31.4 Å². The number of carbonyl (C=O) groups excluding carboxylic acids is 3. The minimum Gasteiger partial charge on any atom is -0.350 e. The van der Waals surface area contributed by atoms with Crippen molar-refractivity contribution in [2.75, 3.05) is 19.6 Å². The monoisotopic (exact) mass is 354 g/mol. The summed E-state index contributed by atoms with van der Waals surface area (Å²) in [4.78, 5) is 43.7. The number of pyridine rings is 1. The van der Waals surface area contributed by atoms with Crippen LogP contribution in [0, 0.1) is 0 Å². The van der Waals surface area contributed by atoms with Crippen molar-refractivity contribution in [2.45, 2.75) is 12.7 Å². The number of hydrogen-bond donors (Lipinski definition) is 2. The fourth-order valence-electron chi connectivity index (χ4n) is 3.47. The fraction of sp³-hybridized carbons (Fsp3) is 0.294. The van der Waals surface area contributed by atoms with Crippen molar-refractivity contribution >= 4 is 28.7 Å². The normalized spacial score (nSPS) is 20.5. The third kappa shape index (κ3) is 2.72. The molecule has 2 fully saturated rings. The average molecular weight is 354 g/mol. The largest absolute Gasteiger partial charge is 0.350 e. The summed E-state index contributed by atoms with van der Waals surface area (Å²) in [6.07, 6.45) is 1.11. The smallest absolute Gasteiger partial charge is 0.331 e. The van der Waals surface area contributed by atoms with Crippen molar-refractivity contribution < 1.29 is 14.4 Å². The minimum absolute atomic E-state index is 0.0539. The Morgan fingerprint density at radius 1 is 1.23 bits per heavy atom. The second-order valence-corrected chi connectivity index (χ2v) is 6.31. The Labute approximate surface area is 149 Å². The summed E-state index contributed by atoms with van der Waals surface area (Å²) in [5.41, 5.74) is 9.93. The van der Waals surface area contributed by atoms with Gasteiger partial charge in [-0.15, -0.1) is 0 Å². The van der Waals surface area contributed by atoms with Crippen LogP contribution in [0.2, 0.25) is 0 Å². The second kappa shape index (κ2) is 6.26. The number of aromatic nitrogens is 1. The number of fused-ring (bicyclic) bond motifs is 2. The number of carbonyl (C=O) groups is 3. The summed E-state index contributed by atoms with van der Waals surface area (Å²) >= 11 is 0. The molecular formula is C17H18N6O3. The molecular weight excluding hydrogens is 336 g/mol. The molecule has 2 saturated heterocycles. The van der Waals surface area contributed by atoms with Crippen molar-refractivity contribution in [1.82, 2.24) is 25.2 Å². The Hall–Kier alpha value is -3.20. The molecule has 0 spiro atoms. The van der Waals surface area contributed by atoms with Crippen LogP contribution in [0.3, 0.4) is 0 Å². The number of rotatable bonds is 2. The molecule has 2 aliphatic rings. The lowest BCUT2D eigenvalue weighted by atomic mass is 10.1. The molecule has 0 aliphatic carbocycles. The fourth-order valence-corrected chi connectivity index (χ4v) is 3.47. The number of piperazine rings is 1. The van der Waals surface area contributed by atoms with Gasteiger partial charge >= 0.3 is 6.03 Å². The number of urea groups is 1. The molecule has 2 aromatic rings. The molecule has 1 aromatic heterocycles. The number of hydrogen-bond acceptors (Lipinski definition) is 5. The first-order chi connectivity index (χ1) is 12.5. The Bertz CT molecular complexity index is 896. The molecule has 1 unspecified atom stereocenters. The Morgan fingerprint density at radius 2 is 2.08 bits per heavy atom. The van der Waals surface area contributed by atoms with Gasteiger partial charge in [0.1, 0.15) is 12.7 Å². The van der Waals surface area contributed by atoms with E-state index in [0.29, 0.717) is 6.54 Å². The number of benzene rings is 1. The molecule has 0 bridgehead atoms. The summed E-state index contributed by atoms with van der Waals surface area (Å²) in [6.45, 7) is 0.434. The first kappa shape index (κ1) is 16.3. The summed E-state index contributed by atoms with van der Waals surface area (Å²) in [7, 11) is 0. The topological polar surface area (TPSA) is 112 Å². The first-order valence-corrected chi connectivity index (χ1v) is 8.26. The van der Waals surface area contributed by atoms with E-state index in [1.54, 1.807) is 11.1 Å². The summed E-state index contributed by atoms with van der Waals surface area (Å²) in [6, 6.07) is 8.88. The predicted octanol–water partition coefficient (Wildman–Crippen LogP) is -0.369. The number of primary amides is 1. The standard InChI is InChI=1S/C17H18N6O3/c18-17(26)23-14-9-21(16(25)10-22(14)15(24)7-20-23)8-11-3-1-5-13-12(11)4-2-6-19-13/h1-6,14,20H,7-10H2,(H2,18,26). The van der Waals surface area contributed by atoms with Gasteiger partial charge in [0.05, 0.1) is 18.6 Å². The van der Waals surface area contributed by atoms with E-state index in [1.165, 1.54) is 9.91 Å². The second-order valence-electron chi connectivity index (χ2n) is 6.31. The van der Waals surface area contributed by atoms with E-state index >= 15 is 0 Å². The number of hydrazine groups is 1. The lowest BCUT2D eigenvalue weighted by Gasteiger charge is -2.48. The molecule has 9 nitrogen and oxygen atoms in total. The summed E-state index contributed by atoms with van der Waals surface area (Å²) in [5.74, 6) is -0.392. The van der Waals surface area contributed by atoms with Crippen LogP contribution in [0.1, 0.15) is 5.56 Å². The van der Waals surface area contributed by atoms with E-state index in [0.717, 1.165) is 16.5 Å². The zero-order valence-corrected chi connectivity index (χ0v) is 14.0. The van der Waals surface area contributed by atoms with Gasteiger partial charge in [0.25, 0.3) is 0 Å². The molecule has 0 saturated carbocycles. The van der Waals surface area contributed by atoms with E-state index in [4.69, 9.17) is 5.73 Å². The molecule has 4 rings (SSSR count). The molecule has 3 heterocycles. The van der Waals surface area contributed by atoms with Crippen LogP contribution in [-0.4, -0.2) is 63.4 Å². The maximum atomic E-state index is 12.6. The van der Waals surface area contributed by atoms with Crippen molar-refractivity contribution in [3.63, 3.8) is 0 Å². The Morgan fingerprint density at radius 3 is 2.88 bits per heavy atom. The molecule has 4 amide bonds. The van der Waals surface area contributed by atoms with Gasteiger partial charge in [-0.3, -0.25) is 14.6 Å². The highest BCUT2D eigenvalue weighted by molar-refractivity contribution is 5.89. The van der Waals surface area contributed by atoms with Crippen LogP contribution in [0.15, 0.2) is 36.5 Å².